The van der Waals surface area contributed by atoms with Gasteiger partial charge in [-0.25, -0.2) is 4.98 Å². The molecule has 1 aromatic rings. The summed E-state index contributed by atoms with van der Waals surface area (Å²) in [4.78, 5) is 4.08. The fraction of sp³-hybridized carbons (Fsp3) is 0.706. The number of likely N-dealkylation sites (N-methyl/N-ethyl adjacent to an activating group) is 1. The second kappa shape index (κ2) is 7.23. The summed E-state index contributed by atoms with van der Waals surface area (Å²) < 4.78 is 6.29. The van der Waals surface area contributed by atoms with E-state index in [2.05, 4.69) is 24.1 Å². The average molecular weight is 291 g/mol. The predicted molar refractivity (Wildman–Crippen MR) is 87.2 cm³/mol. The van der Waals surface area contributed by atoms with Crippen molar-refractivity contribution in [1.29, 1.82) is 0 Å². The van der Waals surface area contributed by atoms with E-state index in [9.17, 15) is 0 Å². The summed E-state index contributed by atoms with van der Waals surface area (Å²) in [6.07, 6.45) is 7.54. The Morgan fingerprint density at radius 2 is 2.38 bits per heavy atom. The van der Waals surface area contributed by atoms with Crippen LogP contribution in [0.25, 0.3) is 0 Å². The molecular weight excluding hydrogens is 262 g/mol. The van der Waals surface area contributed by atoms with Crippen molar-refractivity contribution in [3.05, 3.63) is 23.9 Å². The molecule has 1 heterocycles. The maximum absolute atomic E-state index is 6.29. The highest BCUT2D eigenvalue weighted by Crippen LogP contribution is 2.38. The van der Waals surface area contributed by atoms with Crippen molar-refractivity contribution < 1.29 is 4.74 Å². The summed E-state index contributed by atoms with van der Waals surface area (Å²) in [5.74, 6) is 1.31. The number of nitrogen functional groups attached to an aromatic ring is 1. The summed E-state index contributed by atoms with van der Waals surface area (Å²) in [6, 6.07) is 4.32. The van der Waals surface area contributed by atoms with Crippen LogP contribution in [-0.4, -0.2) is 30.3 Å². The molecule has 0 radical (unpaired) electrons. The van der Waals surface area contributed by atoms with E-state index in [1.807, 2.05) is 19.2 Å². The molecule has 0 aromatic carbocycles. The van der Waals surface area contributed by atoms with Gasteiger partial charge in [0.25, 0.3) is 0 Å². The molecule has 3 N–H and O–H groups in total. The Hall–Kier alpha value is -1.13. The van der Waals surface area contributed by atoms with Gasteiger partial charge in [0.2, 0.25) is 0 Å². The smallest absolute Gasteiger partial charge is 0.123 e. The van der Waals surface area contributed by atoms with Crippen molar-refractivity contribution in [2.24, 2.45) is 5.92 Å². The van der Waals surface area contributed by atoms with Crippen molar-refractivity contribution >= 4 is 5.82 Å². The Kier molecular flexibility index (Phi) is 5.59. The number of anilines is 1. The first-order chi connectivity index (χ1) is 10.1. The molecule has 3 unspecified atom stereocenters. The van der Waals surface area contributed by atoms with Crippen LogP contribution < -0.4 is 11.1 Å². The summed E-state index contributed by atoms with van der Waals surface area (Å²) in [6.45, 7) is 5.20. The topological polar surface area (TPSA) is 60.2 Å². The lowest BCUT2D eigenvalue weighted by Gasteiger charge is -2.45. The van der Waals surface area contributed by atoms with Crippen molar-refractivity contribution in [1.82, 2.24) is 10.3 Å². The van der Waals surface area contributed by atoms with Gasteiger partial charge in [-0.3, -0.25) is 0 Å². The Morgan fingerprint density at radius 3 is 3.00 bits per heavy atom. The third-order valence-electron chi connectivity index (χ3n) is 4.69. The van der Waals surface area contributed by atoms with Crippen LogP contribution in [0, 0.1) is 5.92 Å². The molecule has 3 atom stereocenters. The highest BCUT2D eigenvalue weighted by molar-refractivity contribution is 5.32. The highest BCUT2D eigenvalue weighted by atomic mass is 16.5. The van der Waals surface area contributed by atoms with Crippen molar-refractivity contribution in [2.45, 2.75) is 57.6 Å². The molecule has 0 bridgehead atoms. The molecule has 4 nitrogen and oxygen atoms in total. The van der Waals surface area contributed by atoms with Gasteiger partial charge in [-0.2, -0.15) is 0 Å². The maximum atomic E-state index is 6.29. The lowest BCUT2D eigenvalue weighted by atomic mass is 9.73. The third kappa shape index (κ3) is 3.95. The molecule has 1 fully saturated rings. The minimum atomic E-state index is -0.0564. The van der Waals surface area contributed by atoms with Gasteiger partial charge in [0.15, 0.2) is 0 Å². The van der Waals surface area contributed by atoms with Gasteiger partial charge in [-0.1, -0.05) is 19.8 Å². The number of hydrogen-bond donors (Lipinski definition) is 2. The van der Waals surface area contributed by atoms with E-state index in [-0.39, 0.29) is 5.60 Å². The minimum Gasteiger partial charge on any atom is -0.384 e. The molecule has 118 valence electrons. The first kappa shape index (κ1) is 16.2. The predicted octanol–water partition coefficient (Wildman–Crippen LogP) is 2.78. The first-order valence-corrected chi connectivity index (χ1v) is 8.11. The number of pyridine rings is 1. The van der Waals surface area contributed by atoms with Crippen LogP contribution in [0.2, 0.25) is 0 Å². The van der Waals surface area contributed by atoms with E-state index in [1.54, 1.807) is 6.20 Å². The molecule has 0 spiro atoms. The molecule has 0 amide bonds. The first-order valence-electron chi connectivity index (χ1n) is 8.11. The van der Waals surface area contributed by atoms with E-state index in [0.29, 0.717) is 11.9 Å². The van der Waals surface area contributed by atoms with Gasteiger partial charge < -0.3 is 15.8 Å². The number of rotatable bonds is 6. The normalized spacial score (nSPS) is 27.5. The van der Waals surface area contributed by atoms with Crippen molar-refractivity contribution in [2.75, 3.05) is 19.4 Å². The fourth-order valence-corrected chi connectivity index (χ4v) is 3.79. The zero-order chi connectivity index (χ0) is 15.3. The Bertz CT molecular complexity index is 447. The zero-order valence-electron chi connectivity index (χ0n) is 13.6. The van der Waals surface area contributed by atoms with Crippen molar-refractivity contribution in [3.8, 4) is 0 Å². The molecule has 2 rings (SSSR count). The summed E-state index contributed by atoms with van der Waals surface area (Å²) in [5.41, 5.74) is 6.97. The van der Waals surface area contributed by atoms with Gasteiger partial charge in [0, 0.05) is 18.8 Å². The summed E-state index contributed by atoms with van der Waals surface area (Å²) in [7, 11) is 2.04. The molecule has 1 aromatic heterocycles. The molecule has 1 saturated carbocycles. The summed E-state index contributed by atoms with van der Waals surface area (Å²) in [5, 5.41) is 3.50. The number of hydrogen-bond acceptors (Lipinski definition) is 4. The van der Waals surface area contributed by atoms with Gasteiger partial charge in [0.05, 0.1) is 5.60 Å². The Labute approximate surface area is 128 Å². The van der Waals surface area contributed by atoms with E-state index in [4.69, 9.17) is 10.5 Å². The fourth-order valence-electron chi connectivity index (χ4n) is 3.79. The Morgan fingerprint density at radius 1 is 1.57 bits per heavy atom. The van der Waals surface area contributed by atoms with Crippen LogP contribution in [0.4, 0.5) is 5.82 Å². The van der Waals surface area contributed by atoms with Crippen LogP contribution in [0.5, 0.6) is 0 Å². The van der Waals surface area contributed by atoms with Crippen LogP contribution in [0.15, 0.2) is 18.3 Å². The van der Waals surface area contributed by atoms with E-state index < -0.39 is 0 Å². The monoisotopic (exact) mass is 291 g/mol. The number of ether oxygens (including phenoxy) is 1. The van der Waals surface area contributed by atoms with Crippen LogP contribution in [0.3, 0.4) is 0 Å². The highest BCUT2D eigenvalue weighted by Gasteiger charge is 2.41. The minimum absolute atomic E-state index is 0.0564. The number of aromatic nitrogens is 1. The molecule has 21 heavy (non-hydrogen) atoms. The van der Waals surface area contributed by atoms with Gasteiger partial charge >= 0.3 is 0 Å². The molecule has 0 aliphatic heterocycles. The zero-order valence-corrected chi connectivity index (χ0v) is 13.6. The maximum Gasteiger partial charge on any atom is 0.123 e. The van der Waals surface area contributed by atoms with Crippen LogP contribution >= 0.6 is 0 Å². The number of nitrogens with two attached hydrogens (primary N) is 1. The van der Waals surface area contributed by atoms with E-state index in [0.717, 1.165) is 31.8 Å². The molecule has 4 heteroatoms. The SMILES string of the molecule is CCOC1(C(Cc2ccnc(N)c2)NC)CCCC(C)C1. The average Bonchev–Trinajstić information content (AvgIpc) is 2.45. The summed E-state index contributed by atoms with van der Waals surface area (Å²) >= 11 is 0. The van der Waals surface area contributed by atoms with E-state index in [1.165, 1.54) is 18.4 Å². The number of nitrogens with one attached hydrogen (secondary N) is 1. The largest absolute Gasteiger partial charge is 0.384 e. The number of nitrogens with zero attached hydrogens (tertiary/aromatic N) is 1. The molecular formula is C17H29N3O. The quantitative estimate of drug-likeness (QED) is 0.846. The molecule has 1 aliphatic rings. The van der Waals surface area contributed by atoms with Gasteiger partial charge in [-0.05, 0) is 56.8 Å². The van der Waals surface area contributed by atoms with Crippen LogP contribution in [-0.2, 0) is 11.2 Å². The van der Waals surface area contributed by atoms with Gasteiger partial charge in [0.1, 0.15) is 5.82 Å². The molecule has 0 saturated heterocycles. The second-order valence-corrected chi connectivity index (χ2v) is 6.33. The third-order valence-corrected chi connectivity index (χ3v) is 4.69. The Balaban J connectivity index is 2.19. The second-order valence-electron chi connectivity index (χ2n) is 6.33. The molecule has 1 aliphatic carbocycles. The van der Waals surface area contributed by atoms with Crippen LogP contribution in [0.1, 0.15) is 45.1 Å². The lowest BCUT2D eigenvalue weighted by molar-refractivity contribution is -0.0988. The lowest BCUT2D eigenvalue weighted by Crippen LogP contribution is -2.55. The van der Waals surface area contributed by atoms with E-state index >= 15 is 0 Å². The van der Waals surface area contributed by atoms with Crippen molar-refractivity contribution in [3.63, 3.8) is 0 Å². The van der Waals surface area contributed by atoms with Gasteiger partial charge in [-0.15, -0.1) is 0 Å². The standard InChI is InChI=1S/C17H29N3O/c1-4-21-17(8-5-6-13(2)12-17)15(19-3)10-14-7-9-20-16(18)11-14/h7,9,11,13,15,19H,4-6,8,10,12H2,1-3H3,(H2,18,20).